The molecule has 0 unspecified atom stereocenters. The van der Waals surface area contributed by atoms with Crippen LogP contribution < -0.4 is 5.73 Å². The number of carbonyl (C=O) groups is 1. The van der Waals surface area contributed by atoms with Crippen LogP contribution in [0.25, 0.3) is 0 Å². The molecule has 0 heterocycles. The maximum absolute atomic E-state index is 12.8. The Kier molecular flexibility index (Phi) is 4.65. The summed E-state index contributed by atoms with van der Waals surface area (Å²) in [4.78, 5) is 14.9. The highest BCUT2D eigenvalue weighted by Crippen LogP contribution is 2.26. The van der Waals surface area contributed by atoms with Gasteiger partial charge >= 0.3 is 0 Å². The maximum Gasteiger partial charge on any atom is 0.227 e. The van der Waals surface area contributed by atoms with Crippen molar-refractivity contribution in [2.75, 3.05) is 12.3 Å². The molecule has 1 aliphatic carbocycles. The van der Waals surface area contributed by atoms with Crippen molar-refractivity contribution in [2.45, 2.75) is 38.6 Å². The summed E-state index contributed by atoms with van der Waals surface area (Å²) in [6.07, 6.45) is 3.35. The number of anilines is 1. The van der Waals surface area contributed by atoms with Gasteiger partial charge in [-0.25, -0.2) is 0 Å². The second kappa shape index (κ2) is 6.86. The number of nitrogens with two attached hydrogens (primary N) is 1. The quantitative estimate of drug-likeness (QED) is 0.862. The van der Waals surface area contributed by atoms with Gasteiger partial charge in [0.2, 0.25) is 5.91 Å². The van der Waals surface area contributed by atoms with Gasteiger partial charge in [0.15, 0.2) is 0 Å². The van der Waals surface area contributed by atoms with E-state index in [1.54, 1.807) is 0 Å². The first kappa shape index (κ1) is 15.6. The smallest absolute Gasteiger partial charge is 0.227 e. The standard InChI is InChI=1S/C20H24N2O/c1-2-10-22(19-13-16-7-3-4-8-17(16)14-19)20(23)12-15-6-5-9-18(21)11-15/h3-9,11,19H,2,10,12-14,21H2,1H3. The van der Waals surface area contributed by atoms with Gasteiger partial charge < -0.3 is 10.6 Å². The molecule has 0 aromatic heterocycles. The molecule has 1 aliphatic rings. The number of nitrogens with zero attached hydrogens (tertiary/aromatic N) is 1. The molecule has 23 heavy (non-hydrogen) atoms. The van der Waals surface area contributed by atoms with Gasteiger partial charge in [-0.3, -0.25) is 4.79 Å². The lowest BCUT2D eigenvalue weighted by atomic mass is 10.1. The first-order valence-electron chi connectivity index (χ1n) is 8.38. The molecule has 3 heteroatoms. The molecule has 3 rings (SSSR count). The van der Waals surface area contributed by atoms with Crippen molar-refractivity contribution in [3.05, 3.63) is 65.2 Å². The predicted octanol–water partition coefficient (Wildman–Crippen LogP) is 3.22. The Labute approximate surface area is 138 Å². The minimum absolute atomic E-state index is 0.204. The zero-order valence-electron chi connectivity index (χ0n) is 13.7. The number of nitrogen functional groups attached to an aromatic ring is 1. The monoisotopic (exact) mass is 308 g/mol. The van der Waals surface area contributed by atoms with Gasteiger partial charge in [0.25, 0.3) is 0 Å². The van der Waals surface area contributed by atoms with Gasteiger partial charge in [-0.15, -0.1) is 0 Å². The second-order valence-electron chi connectivity index (χ2n) is 6.34. The molecule has 3 nitrogen and oxygen atoms in total. The summed E-state index contributed by atoms with van der Waals surface area (Å²) < 4.78 is 0. The molecule has 0 saturated heterocycles. The molecule has 0 atom stereocenters. The first-order chi connectivity index (χ1) is 11.2. The summed E-state index contributed by atoms with van der Waals surface area (Å²) in [5.41, 5.74) is 10.3. The van der Waals surface area contributed by atoms with Crippen molar-refractivity contribution < 1.29 is 4.79 Å². The third-order valence-electron chi connectivity index (χ3n) is 4.56. The molecule has 2 N–H and O–H groups in total. The van der Waals surface area contributed by atoms with Gasteiger partial charge in [0.05, 0.1) is 6.42 Å². The van der Waals surface area contributed by atoms with E-state index in [9.17, 15) is 4.79 Å². The number of hydrogen-bond acceptors (Lipinski definition) is 2. The van der Waals surface area contributed by atoms with E-state index < -0.39 is 0 Å². The third-order valence-corrected chi connectivity index (χ3v) is 4.56. The van der Waals surface area contributed by atoms with Crippen molar-refractivity contribution >= 4 is 11.6 Å². The van der Waals surface area contributed by atoms with Crippen LogP contribution in [0.4, 0.5) is 5.69 Å². The van der Waals surface area contributed by atoms with Crippen LogP contribution in [0.1, 0.15) is 30.0 Å². The minimum atomic E-state index is 0.204. The molecule has 0 saturated carbocycles. The zero-order chi connectivity index (χ0) is 16.2. The van der Waals surface area contributed by atoms with E-state index >= 15 is 0 Å². The lowest BCUT2D eigenvalue weighted by Crippen LogP contribution is -2.42. The van der Waals surface area contributed by atoms with Gasteiger partial charge in [0, 0.05) is 18.3 Å². The molecule has 120 valence electrons. The predicted molar refractivity (Wildman–Crippen MR) is 94.2 cm³/mol. The van der Waals surface area contributed by atoms with Gasteiger partial charge in [-0.1, -0.05) is 43.3 Å². The molecular formula is C20H24N2O. The molecule has 0 bridgehead atoms. The lowest BCUT2D eigenvalue weighted by molar-refractivity contribution is -0.132. The summed E-state index contributed by atoms with van der Waals surface area (Å²) in [6, 6.07) is 16.5. The van der Waals surface area contributed by atoms with Gasteiger partial charge in [-0.2, -0.15) is 0 Å². The van der Waals surface area contributed by atoms with Crippen LogP contribution >= 0.6 is 0 Å². The molecule has 2 aromatic rings. The molecule has 2 aromatic carbocycles. The Bertz CT molecular complexity index is 671. The van der Waals surface area contributed by atoms with E-state index in [2.05, 4.69) is 36.1 Å². The Morgan fingerprint density at radius 2 is 1.83 bits per heavy atom. The summed E-state index contributed by atoms with van der Waals surface area (Å²) in [5.74, 6) is 0.204. The largest absolute Gasteiger partial charge is 0.399 e. The number of amides is 1. The SMILES string of the molecule is CCCN(C(=O)Cc1cccc(N)c1)C1Cc2ccccc2C1. The fourth-order valence-electron chi connectivity index (χ4n) is 3.49. The average Bonchev–Trinajstić information content (AvgIpc) is 2.96. The maximum atomic E-state index is 12.8. The second-order valence-corrected chi connectivity index (χ2v) is 6.34. The van der Waals surface area contributed by atoms with Crippen molar-refractivity contribution in [1.82, 2.24) is 4.90 Å². The summed E-state index contributed by atoms with van der Waals surface area (Å²) in [6.45, 7) is 2.95. The van der Waals surface area contributed by atoms with E-state index in [0.29, 0.717) is 18.2 Å². The minimum Gasteiger partial charge on any atom is -0.399 e. The normalized spacial score (nSPS) is 13.8. The van der Waals surface area contributed by atoms with Crippen LogP contribution in [-0.2, 0) is 24.1 Å². The van der Waals surface area contributed by atoms with Gasteiger partial charge in [0.1, 0.15) is 0 Å². The van der Waals surface area contributed by atoms with Crippen LogP contribution in [-0.4, -0.2) is 23.4 Å². The molecule has 0 fully saturated rings. The number of carbonyl (C=O) groups excluding carboxylic acids is 1. The zero-order valence-corrected chi connectivity index (χ0v) is 13.7. The summed E-state index contributed by atoms with van der Waals surface area (Å²) in [7, 11) is 0. The van der Waals surface area contributed by atoms with Crippen molar-refractivity contribution in [3.63, 3.8) is 0 Å². The first-order valence-corrected chi connectivity index (χ1v) is 8.38. The summed E-state index contributed by atoms with van der Waals surface area (Å²) >= 11 is 0. The van der Waals surface area contributed by atoms with Crippen molar-refractivity contribution in [2.24, 2.45) is 0 Å². The Morgan fingerprint density at radius 3 is 2.43 bits per heavy atom. The molecular weight excluding hydrogens is 284 g/mol. The highest BCUT2D eigenvalue weighted by Gasteiger charge is 2.29. The van der Waals surface area contributed by atoms with E-state index in [0.717, 1.165) is 31.4 Å². The van der Waals surface area contributed by atoms with Crippen LogP contribution in [0.2, 0.25) is 0 Å². The van der Waals surface area contributed by atoms with Crippen LogP contribution in [0.5, 0.6) is 0 Å². The summed E-state index contributed by atoms with van der Waals surface area (Å²) in [5, 5.41) is 0. The Balaban J connectivity index is 1.73. The Hall–Kier alpha value is -2.29. The van der Waals surface area contributed by atoms with Crippen LogP contribution in [0.15, 0.2) is 48.5 Å². The Morgan fingerprint density at radius 1 is 1.13 bits per heavy atom. The van der Waals surface area contributed by atoms with Crippen molar-refractivity contribution in [1.29, 1.82) is 0 Å². The fourth-order valence-corrected chi connectivity index (χ4v) is 3.49. The lowest BCUT2D eigenvalue weighted by Gasteiger charge is -2.29. The molecule has 0 aliphatic heterocycles. The third kappa shape index (κ3) is 3.55. The topological polar surface area (TPSA) is 46.3 Å². The van der Waals surface area contributed by atoms with E-state index in [-0.39, 0.29) is 5.91 Å². The van der Waals surface area contributed by atoms with E-state index in [1.165, 1.54) is 11.1 Å². The molecule has 0 radical (unpaired) electrons. The van der Waals surface area contributed by atoms with Crippen molar-refractivity contribution in [3.8, 4) is 0 Å². The number of benzene rings is 2. The highest BCUT2D eigenvalue weighted by molar-refractivity contribution is 5.79. The highest BCUT2D eigenvalue weighted by atomic mass is 16.2. The number of rotatable bonds is 5. The number of fused-ring (bicyclic) bond motifs is 1. The fraction of sp³-hybridized carbons (Fsp3) is 0.350. The average molecular weight is 308 g/mol. The number of hydrogen-bond donors (Lipinski definition) is 1. The van der Waals surface area contributed by atoms with Crippen LogP contribution in [0, 0.1) is 0 Å². The van der Waals surface area contributed by atoms with Crippen LogP contribution in [0.3, 0.4) is 0 Å². The van der Waals surface area contributed by atoms with E-state index in [1.807, 2.05) is 24.3 Å². The van der Waals surface area contributed by atoms with Gasteiger partial charge in [-0.05, 0) is 48.1 Å². The van der Waals surface area contributed by atoms with E-state index in [4.69, 9.17) is 5.73 Å². The molecule has 1 amide bonds. The molecule has 0 spiro atoms.